The normalized spacial score (nSPS) is 15.8. The van der Waals surface area contributed by atoms with Crippen LogP contribution in [0.1, 0.15) is 16.7 Å². The second kappa shape index (κ2) is 10.5. The Hall–Kier alpha value is -3.33. The van der Waals surface area contributed by atoms with Crippen molar-refractivity contribution >= 4 is 63.3 Å². The Labute approximate surface area is 216 Å². The summed E-state index contributed by atoms with van der Waals surface area (Å²) < 4.78 is 18.4. The minimum Gasteiger partial charge on any atom is -0.496 e. The van der Waals surface area contributed by atoms with Gasteiger partial charge in [-0.1, -0.05) is 35.4 Å². The molecule has 35 heavy (non-hydrogen) atoms. The molecule has 1 atom stereocenters. The first-order chi connectivity index (χ1) is 16.8. The summed E-state index contributed by atoms with van der Waals surface area (Å²) in [6.07, 6.45) is 1.49. The average molecular weight is 525 g/mol. The van der Waals surface area contributed by atoms with Crippen molar-refractivity contribution < 1.29 is 18.5 Å². The molecule has 9 heteroatoms. The van der Waals surface area contributed by atoms with Crippen LogP contribution in [-0.2, 0) is 26.1 Å². The van der Waals surface area contributed by atoms with Crippen LogP contribution < -0.4 is 15.0 Å². The SMILES string of the molecule is COc1ccc(/C=C2/C(=O)NC(=S)N(c3ccc(Cl)cc3)C2=O)cc1CS(=O)c1ccc(C)cc1. The molecule has 1 heterocycles. The zero-order valence-corrected chi connectivity index (χ0v) is 21.3. The first-order valence-corrected chi connectivity index (χ1v) is 12.7. The van der Waals surface area contributed by atoms with Crippen molar-refractivity contribution in [2.24, 2.45) is 0 Å². The van der Waals surface area contributed by atoms with Crippen LogP contribution in [0.15, 0.2) is 77.2 Å². The topological polar surface area (TPSA) is 75.7 Å². The smallest absolute Gasteiger partial charge is 0.270 e. The summed E-state index contributed by atoms with van der Waals surface area (Å²) in [6.45, 7) is 1.97. The van der Waals surface area contributed by atoms with Crippen LogP contribution in [0.4, 0.5) is 5.69 Å². The number of carbonyl (C=O) groups excluding carboxylic acids is 2. The first-order valence-electron chi connectivity index (χ1n) is 10.6. The Morgan fingerprint density at radius 3 is 2.40 bits per heavy atom. The largest absolute Gasteiger partial charge is 0.496 e. The van der Waals surface area contributed by atoms with Gasteiger partial charge < -0.3 is 4.74 Å². The van der Waals surface area contributed by atoms with E-state index in [1.54, 1.807) is 42.5 Å². The molecular formula is C26H21ClN2O4S2. The van der Waals surface area contributed by atoms with Crippen molar-refractivity contribution in [3.8, 4) is 5.75 Å². The average Bonchev–Trinajstić information content (AvgIpc) is 2.83. The van der Waals surface area contributed by atoms with Crippen LogP contribution in [0.5, 0.6) is 5.75 Å². The summed E-state index contributed by atoms with van der Waals surface area (Å²) in [5, 5.41) is 3.06. The number of benzene rings is 3. The van der Waals surface area contributed by atoms with E-state index in [9.17, 15) is 13.8 Å². The Bertz CT molecular complexity index is 1370. The fraction of sp³-hybridized carbons (Fsp3) is 0.115. The molecule has 0 bridgehead atoms. The molecule has 2 amide bonds. The Morgan fingerprint density at radius 2 is 1.74 bits per heavy atom. The van der Waals surface area contributed by atoms with Gasteiger partial charge in [-0.25, -0.2) is 0 Å². The lowest BCUT2D eigenvalue weighted by Gasteiger charge is -2.29. The standard InChI is InChI=1S/C26H21ClN2O4S2/c1-16-3-10-21(11-4-16)35(32)15-18-13-17(5-12-23(18)33-2)14-22-24(30)28-26(34)29(25(22)31)20-8-6-19(27)7-9-20/h3-14H,15H2,1-2H3,(H,28,30,34)/b22-14-. The van der Waals surface area contributed by atoms with Crippen LogP contribution in [0.3, 0.4) is 0 Å². The lowest BCUT2D eigenvalue weighted by Crippen LogP contribution is -2.54. The third-order valence-electron chi connectivity index (χ3n) is 5.37. The highest BCUT2D eigenvalue weighted by molar-refractivity contribution is 7.84. The van der Waals surface area contributed by atoms with Crippen LogP contribution >= 0.6 is 23.8 Å². The summed E-state index contributed by atoms with van der Waals surface area (Å²) in [7, 11) is 0.233. The van der Waals surface area contributed by atoms with Gasteiger partial charge in [-0.05, 0) is 79.3 Å². The highest BCUT2D eigenvalue weighted by Gasteiger charge is 2.34. The molecule has 6 nitrogen and oxygen atoms in total. The van der Waals surface area contributed by atoms with Gasteiger partial charge >= 0.3 is 0 Å². The van der Waals surface area contributed by atoms with Gasteiger partial charge in [-0.15, -0.1) is 0 Å². The molecule has 1 aliphatic rings. The fourth-order valence-corrected chi connectivity index (χ4v) is 5.09. The van der Waals surface area contributed by atoms with Gasteiger partial charge in [0.05, 0.1) is 29.3 Å². The zero-order chi connectivity index (χ0) is 25.1. The van der Waals surface area contributed by atoms with Crippen molar-refractivity contribution in [1.29, 1.82) is 0 Å². The number of hydrogen-bond acceptors (Lipinski definition) is 5. The lowest BCUT2D eigenvalue weighted by atomic mass is 10.0. The number of methoxy groups -OCH3 is 1. The summed E-state index contributed by atoms with van der Waals surface area (Å²) >= 11 is 11.2. The predicted octanol–water partition coefficient (Wildman–Crippen LogP) is 4.80. The third-order valence-corrected chi connectivity index (χ3v) is 7.28. The molecule has 0 aliphatic carbocycles. The number of ether oxygens (including phenoxy) is 1. The fourth-order valence-electron chi connectivity index (χ4n) is 3.56. The maximum atomic E-state index is 13.2. The molecule has 1 unspecified atom stereocenters. The van der Waals surface area contributed by atoms with E-state index in [2.05, 4.69) is 5.32 Å². The molecule has 3 aromatic carbocycles. The number of aryl methyl sites for hydroxylation is 1. The number of halogens is 1. The molecule has 4 rings (SSSR count). The molecule has 1 fully saturated rings. The molecule has 0 radical (unpaired) electrons. The van der Waals surface area contributed by atoms with E-state index in [4.69, 9.17) is 28.6 Å². The molecule has 0 spiro atoms. The van der Waals surface area contributed by atoms with Crippen LogP contribution in [0, 0.1) is 6.92 Å². The first kappa shape index (κ1) is 24.8. The molecule has 3 aromatic rings. The maximum absolute atomic E-state index is 13.2. The minimum absolute atomic E-state index is 0.0108. The van der Waals surface area contributed by atoms with E-state index < -0.39 is 22.6 Å². The predicted molar refractivity (Wildman–Crippen MR) is 142 cm³/mol. The molecule has 1 aliphatic heterocycles. The van der Waals surface area contributed by atoms with Crippen molar-refractivity contribution in [1.82, 2.24) is 5.32 Å². The molecule has 0 saturated carbocycles. The number of carbonyl (C=O) groups is 2. The van der Waals surface area contributed by atoms with Gasteiger partial charge in [0.2, 0.25) is 0 Å². The van der Waals surface area contributed by atoms with E-state index >= 15 is 0 Å². The summed E-state index contributed by atoms with van der Waals surface area (Å²) in [5.41, 5.74) is 2.77. The highest BCUT2D eigenvalue weighted by atomic mass is 35.5. The number of anilines is 1. The van der Waals surface area contributed by atoms with E-state index in [0.29, 0.717) is 32.5 Å². The van der Waals surface area contributed by atoms with Gasteiger partial charge in [0.25, 0.3) is 11.8 Å². The Balaban J connectivity index is 1.66. The van der Waals surface area contributed by atoms with Gasteiger partial charge in [0, 0.05) is 15.5 Å². The number of thiocarbonyl (C=S) groups is 1. The van der Waals surface area contributed by atoms with Gasteiger partial charge in [0.15, 0.2) is 5.11 Å². The minimum atomic E-state index is -1.30. The Morgan fingerprint density at radius 1 is 1.06 bits per heavy atom. The second-order valence-electron chi connectivity index (χ2n) is 7.81. The van der Waals surface area contributed by atoms with Crippen molar-refractivity contribution in [2.45, 2.75) is 17.6 Å². The number of amides is 2. The quantitative estimate of drug-likeness (QED) is 0.285. The van der Waals surface area contributed by atoms with E-state index in [0.717, 1.165) is 5.56 Å². The van der Waals surface area contributed by atoms with Crippen molar-refractivity contribution in [3.05, 3.63) is 94.0 Å². The van der Waals surface area contributed by atoms with E-state index in [1.807, 2.05) is 31.2 Å². The summed E-state index contributed by atoms with van der Waals surface area (Å²) in [6, 6.07) is 19.3. The van der Waals surface area contributed by atoms with Crippen LogP contribution in [-0.4, -0.2) is 28.2 Å². The van der Waals surface area contributed by atoms with Crippen molar-refractivity contribution in [2.75, 3.05) is 12.0 Å². The highest BCUT2D eigenvalue weighted by Crippen LogP contribution is 2.27. The summed E-state index contributed by atoms with van der Waals surface area (Å²) in [5.74, 6) is -0.367. The van der Waals surface area contributed by atoms with Gasteiger partial charge in [0.1, 0.15) is 11.3 Å². The molecular weight excluding hydrogens is 504 g/mol. The number of rotatable bonds is 6. The Kier molecular flexibility index (Phi) is 7.45. The summed E-state index contributed by atoms with van der Waals surface area (Å²) in [4.78, 5) is 27.8. The second-order valence-corrected chi connectivity index (χ2v) is 10.1. The molecule has 1 N–H and O–H groups in total. The number of hydrogen-bond donors (Lipinski definition) is 1. The maximum Gasteiger partial charge on any atom is 0.270 e. The molecule has 178 valence electrons. The number of nitrogens with one attached hydrogen (secondary N) is 1. The molecule has 1 saturated heterocycles. The third kappa shape index (κ3) is 5.51. The molecule has 0 aromatic heterocycles. The zero-order valence-electron chi connectivity index (χ0n) is 18.9. The lowest BCUT2D eigenvalue weighted by molar-refractivity contribution is -0.122. The van der Waals surface area contributed by atoms with Gasteiger partial charge in [-0.2, -0.15) is 0 Å². The van der Waals surface area contributed by atoms with Crippen LogP contribution in [0.2, 0.25) is 5.02 Å². The van der Waals surface area contributed by atoms with E-state index in [1.165, 1.54) is 18.1 Å². The van der Waals surface area contributed by atoms with Crippen molar-refractivity contribution in [3.63, 3.8) is 0 Å². The monoisotopic (exact) mass is 524 g/mol. The van der Waals surface area contributed by atoms with Gasteiger partial charge in [-0.3, -0.25) is 24.0 Å². The number of nitrogens with zero attached hydrogens (tertiary/aromatic N) is 1. The van der Waals surface area contributed by atoms with Crippen LogP contribution in [0.25, 0.3) is 6.08 Å². The van der Waals surface area contributed by atoms with E-state index in [-0.39, 0.29) is 16.4 Å².